The molecule has 0 aliphatic heterocycles. The molecule has 25 heavy (non-hydrogen) atoms. The van der Waals surface area contributed by atoms with Crippen molar-refractivity contribution in [2.75, 3.05) is 6.54 Å². The first-order valence-corrected chi connectivity index (χ1v) is 8.90. The highest BCUT2D eigenvalue weighted by molar-refractivity contribution is 7.21. The summed E-state index contributed by atoms with van der Waals surface area (Å²) in [5.41, 5.74) is 2.01. The minimum atomic E-state index is -0.493. The van der Waals surface area contributed by atoms with Crippen molar-refractivity contribution in [3.63, 3.8) is 0 Å². The van der Waals surface area contributed by atoms with Crippen molar-refractivity contribution in [2.45, 2.75) is 13.5 Å². The fraction of sp³-hybridized carbons (Fsp3) is 0.158. The van der Waals surface area contributed by atoms with Crippen LogP contribution < -0.4 is 5.32 Å². The third-order valence-corrected chi connectivity index (χ3v) is 5.29. The minimum Gasteiger partial charge on any atom is -0.460 e. The molecule has 1 heterocycles. The molecular weight excluding hydrogens is 358 g/mol. The van der Waals surface area contributed by atoms with Crippen molar-refractivity contribution < 1.29 is 14.3 Å². The summed E-state index contributed by atoms with van der Waals surface area (Å²) in [5, 5.41) is 3.80. The van der Waals surface area contributed by atoms with Gasteiger partial charge in [0.25, 0.3) is 5.91 Å². The fourth-order valence-electron chi connectivity index (χ4n) is 2.41. The number of thiophene rings is 1. The maximum Gasteiger partial charge on any atom is 0.325 e. The van der Waals surface area contributed by atoms with Gasteiger partial charge < -0.3 is 10.1 Å². The zero-order valence-corrected chi connectivity index (χ0v) is 15.1. The number of aryl methyl sites for hydroxylation is 1. The van der Waals surface area contributed by atoms with E-state index < -0.39 is 5.97 Å². The lowest BCUT2D eigenvalue weighted by atomic mass is 10.1. The molecular formula is C19H16ClNO3S. The molecule has 2 aromatic carbocycles. The van der Waals surface area contributed by atoms with Crippen LogP contribution in [-0.2, 0) is 16.1 Å². The maximum atomic E-state index is 12.3. The third kappa shape index (κ3) is 4.18. The summed E-state index contributed by atoms with van der Waals surface area (Å²) in [5.74, 6) is -0.870. The van der Waals surface area contributed by atoms with Crippen molar-refractivity contribution in [3.05, 3.63) is 69.6 Å². The molecule has 0 fully saturated rings. The zero-order valence-electron chi connectivity index (χ0n) is 13.5. The summed E-state index contributed by atoms with van der Waals surface area (Å²) in [7, 11) is 0. The smallest absolute Gasteiger partial charge is 0.325 e. The number of carbonyl (C=O) groups excluding carboxylic acids is 2. The standard InChI is InChI=1S/C19H16ClNO3S/c1-12-5-4-6-13(9-12)11-24-16(22)10-21-19(23)18-17(20)14-7-2-3-8-15(14)25-18/h2-9H,10-11H2,1H3,(H,21,23). The van der Waals surface area contributed by atoms with Gasteiger partial charge in [-0.05, 0) is 18.6 Å². The van der Waals surface area contributed by atoms with Gasteiger partial charge in [-0.1, -0.05) is 59.6 Å². The lowest BCUT2D eigenvalue weighted by molar-refractivity contribution is -0.143. The Kier molecular flexibility index (Phi) is 5.36. The number of nitrogens with one attached hydrogen (secondary N) is 1. The van der Waals surface area contributed by atoms with Gasteiger partial charge in [0, 0.05) is 10.1 Å². The second-order valence-electron chi connectivity index (χ2n) is 5.57. The highest BCUT2D eigenvalue weighted by Crippen LogP contribution is 2.34. The van der Waals surface area contributed by atoms with E-state index in [0.717, 1.165) is 21.2 Å². The lowest BCUT2D eigenvalue weighted by Gasteiger charge is -2.07. The van der Waals surface area contributed by atoms with Crippen LogP contribution in [0.4, 0.5) is 0 Å². The number of amides is 1. The normalized spacial score (nSPS) is 10.6. The average molecular weight is 374 g/mol. The maximum absolute atomic E-state index is 12.3. The number of benzene rings is 2. The first kappa shape index (κ1) is 17.5. The molecule has 3 aromatic rings. The predicted molar refractivity (Wildman–Crippen MR) is 100 cm³/mol. The highest BCUT2D eigenvalue weighted by atomic mass is 35.5. The van der Waals surface area contributed by atoms with Gasteiger partial charge in [0.1, 0.15) is 18.0 Å². The molecule has 0 unspecified atom stereocenters. The highest BCUT2D eigenvalue weighted by Gasteiger charge is 2.17. The van der Waals surface area contributed by atoms with Gasteiger partial charge in [-0.2, -0.15) is 0 Å². The first-order valence-electron chi connectivity index (χ1n) is 7.71. The Hall–Kier alpha value is -2.37. The molecule has 128 valence electrons. The predicted octanol–water partition coefficient (Wildman–Crippen LogP) is 4.34. The van der Waals surface area contributed by atoms with Gasteiger partial charge in [-0.15, -0.1) is 11.3 Å². The molecule has 0 saturated heterocycles. The summed E-state index contributed by atoms with van der Waals surface area (Å²) in [6.45, 7) is 1.95. The largest absolute Gasteiger partial charge is 0.460 e. The Bertz CT molecular complexity index is 935. The molecule has 1 amide bonds. The van der Waals surface area contributed by atoms with Gasteiger partial charge >= 0.3 is 5.97 Å². The minimum absolute atomic E-state index is 0.181. The summed E-state index contributed by atoms with van der Waals surface area (Å²) >= 11 is 7.56. The van der Waals surface area contributed by atoms with Crippen LogP contribution in [0.2, 0.25) is 5.02 Å². The van der Waals surface area contributed by atoms with E-state index >= 15 is 0 Å². The van der Waals surface area contributed by atoms with E-state index in [1.807, 2.05) is 55.5 Å². The fourth-order valence-corrected chi connectivity index (χ4v) is 3.84. The number of rotatable bonds is 5. The second-order valence-corrected chi connectivity index (χ2v) is 7.00. The van der Waals surface area contributed by atoms with Gasteiger partial charge in [0.15, 0.2) is 0 Å². The average Bonchev–Trinajstić information content (AvgIpc) is 2.95. The van der Waals surface area contributed by atoms with Crippen LogP contribution in [0, 0.1) is 6.92 Å². The number of halogens is 1. The Morgan fingerprint density at radius 3 is 2.72 bits per heavy atom. The van der Waals surface area contributed by atoms with E-state index in [-0.39, 0.29) is 19.1 Å². The topological polar surface area (TPSA) is 55.4 Å². The summed E-state index contributed by atoms with van der Waals surface area (Å²) in [4.78, 5) is 24.5. The van der Waals surface area contributed by atoms with Crippen molar-refractivity contribution in [1.29, 1.82) is 0 Å². The van der Waals surface area contributed by atoms with Crippen LogP contribution in [0.5, 0.6) is 0 Å². The third-order valence-electron chi connectivity index (χ3n) is 3.62. The SMILES string of the molecule is Cc1cccc(COC(=O)CNC(=O)c2sc3ccccc3c2Cl)c1. The monoisotopic (exact) mass is 373 g/mol. The van der Waals surface area contributed by atoms with Crippen molar-refractivity contribution in [2.24, 2.45) is 0 Å². The number of hydrogen-bond acceptors (Lipinski definition) is 4. The molecule has 0 aliphatic carbocycles. The molecule has 3 rings (SSSR count). The molecule has 0 aliphatic rings. The molecule has 1 aromatic heterocycles. The van der Waals surface area contributed by atoms with E-state index in [4.69, 9.17) is 16.3 Å². The summed E-state index contributed by atoms with van der Waals surface area (Å²) in [6.07, 6.45) is 0. The Labute approximate surface area is 154 Å². The summed E-state index contributed by atoms with van der Waals surface area (Å²) < 4.78 is 6.11. The van der Waals surface area contributed by atoms with E-state index in [2.05, 4.69) is 5.32 Å². The molecule has 0 atom stereocenters. The van der Waals surface area contributed by atoms with E-state index in [1.165, 1.54) is 11.3 Å². The van der Waals surface area contributed by atoms with Crippen LogP contribution in [0.25, 0.3) is 10.1 Å². The zero-order chi connectivity index (χ0) is 17.8. The van der Waals surface area contributed by atoms with E-state index in [1.54, 1.807) is 0 Å². The van der Waals surface area contributed by atoms with Crippen molar-refractivity contribution in [3.8, 4) is 0 Å². The number of esters is 1. The molecule has 4 nitrogen and oxygen atoms in total. The van der Waals surface area contributed by atoms with Gasteiger partial charge in [-0.3, -0.25) is 9.59 Å². The van der Waals surface area contributed by atoms with Crippen LogP contribution in [0.3, 0.4) is 0 Å². The molecule has 0 bridgehead atoms. The molecule has 0 saturated carbocycles. The molecule has 6 heteroatoms. The van der Waals surface area contributed by atoms with Gasteiger partial charge in [0.2, 0.25) is 0 Å². The van der Waals surface area contributed by atoms with Gasteiger partial charge in [-0.25, -0.2) is 0 Å². The summed E-state index contributed by atoms with van der Waals surface area (Å²) in [6, 6.07) is 15.2. The molecule has 1 N–H and O–H groups in total. The lowest BCUT2D eigenvalue weighted by Crippen LogP contribution is -2.30. The van der Waals surface area contributed by atoms with Crippen LogP contribution in [0.15, 0.2) is 48.5 Å². The van der Waals surface area contributed by atoms with Crippen LogP contribution in [0.1, 0.15) is 20.8 Å². The number of carbonyl (C=O) groups is 2. The number of ether oxygens (including phenoxy) is 1. The van der Waals surface area contributed by atoms with Gasteiger partial charge in [0.05, 0.1) is 5.02 Å². The Balaban J connectivity index is 1.56. The quantitative estimate of drug-likeness (QED) is 0.677. The van der Waals surface area contributed by atoms with E-state index in [0.29, 0.717) is 9.90 Å². The second kappa shape index (κ2) is 7.68. The number of fused-ring (bicyclic) bond motifs is 1. The van der Waals surface area contributed by atoms with Crippen molar-refractivity contribution in [1.82, 2.24) is 5.32 Å². The molecule has 0 radical (unpaired) electrons. The molecule has 0 spiro atoms. The van der Waals surface area contributed by atoms with Crippen LogP contribution >= 0.6 is 22.9 Å². The number of hydrogen-bond donors (Lipinski definition) is 1. The van der Waals surface area contributed by atoms with Crippen molar-refractivity contribution >= 4 is 44.9 Å². The van der Waals surface area contributed by atoms with Crippen LogP contribution in [-0.4, -0.2) is 18.4 Å². The Morgan fingerprint density at radius 2 is 1.96 bits per heavy atom. The van der Waals surface area contributed by atoms with E-state index in [9.17, 15) is 9.59 Å². The Morgan fingerprint density at radius 1 is 1.16 bits per heavy atom. The first-order chi connectivity index (χ1) is 12.0.